The third-order valence-corrected chi connectivity index (χ3v) is 7.69. The van der Waals surface area contributed by atoms with Crippen molar-refractivity contribution in [2.24, 2.45) is 23.2 Å². The Morgan fingerprint density at radius 3 is 2.18 bits per heavy atom. The van der Waals surface area contributed by atoms with E-state index in [0.29, 0.717) is 22.8 Å². The molecule has 2 aliphatic rings. The minimum Gasteiger partial charge on any atom is -0.412 e. The minimum absolute atomic E-state index is 0. The topological polar surface area (TPSA) is 163 Å². The molecule has 34 heavy (non-hydrogen) atoms. The van der Waals surface area contributed by atoms with E-state index in [9.17, 15) is 0 Å². The van der Waals surface area contributed by atoms with Gasteiger partial charge in [0.1, 0.15) is 0 Å². The molecule has 2 fully saturated rings. The van der Waals surface area contributed by atoms with Gasteiger partial charge in [0.25, 0.3) is 0 Å². The first-order valence-corrected chi connectivity index (χ1v) is 12.7. The fraction of sp³-hybridized carbons (Fsp3) is 1.00. The summed E-state index contributed by atoms with van der Waals surface area (Å²) in [6.45, 7) is 19.0. The van der Waals surface area contributed by atoms with Crippen molar-refractivity contribution in [1.29, 1.82) is 0 Å². The Morgan fingerprint density at radius 1 is 1.03 bits per heavy atom. The number of halogens is 1. The van der Waals surface area contributed by atoms with E-state index in [1.807, 2.05) is 0 Å². The van der Waals surface area contributed by atoms with Gasteiger partial charge in [-0.3, -0.25) is 0 Å². The Kier molecular flexibility index (Phi) is 25.5. The van der Waals surface area contributed by atoms with Crippen LogP contribution >= 0.6 is 11.6 Å². The smallest absolute Gasteiger partial charge is 0.0478 e. The molecule has 0 aromatic carbocycles. The molecule has 1 aliphatic heterocycles. The normalized spacial score (nSPS) is 25.0. The van der Waals surface area contributed by atoms with Crippen LogP contribution in [-0.2, 0) is 4.74 Å². The van der Waals surface area contributed by atoms with Crippen molar-refractivity contribution in [3.8, 4) is 0 Å². The number of rotatable bonds is 12. The van der Waals surface area contributed by atoms with Gasteiger partial charge in [-0.25, -0.2) is 0 Å². The maximum atomic E-state index is 6.36. The van der Waals surface area contributed by atoms with Gasteiger partial charge in [-0.2, -0.15) is 0 Å². The van der Waals surface area contributed by atoms with Crippen molar-refractivity contribution in [2.75, 3.05) is 46.1 Å². The molecule has 0 spiro atoms. The molecule has 212 valence electrons. The summed E-state index contributed by atoms with van der Waals surface area (Å²) >= 11 is 6.36. The SMILES string of the molecule is C.CCOCCCNCN[C@@H](CN1CCC(C2CCC(Cl)CC2)C(C)(C)C1)C(C)C.O.O.O.O. The molecule has 1 heterocycles. The number of alkyl halides is 1. The molecule has 1 saturated carbocycles. The van der Waals surface area contributed by atoms with Crippen LogP contribution in [0.4, 0.5) is 0 Å². The number of hydrogen-bond acceptors (Lipinski definition) is 4. The van der Waals surface area contributed by atoms with E-state index in [2.05, 4.69) is 50.2 Å². The Balaban J connectivity index is -0.000000900. The molecule has 0 aromatic rings. The molecule has 8 nitrogen and oxygen atoms in total. The minimum atomic E-state index is 0. The van der Waals surface area contributed by atoms with Crippen LogP contribution in [0.3, 0.4) is 0 Å². The van der Waals surface area contributed by atoms with Crippen LogP contribution in [-0.4, -0.2) is 84.3 Å². The van der Waals surface area contributed by atoms with Crippen LogP contribution in [0, 0.1) is 23.2 Å². The number of ether oxygens (including phenoxy) is 1. The number of hydrogen-bond donors (Lipinski definition) is 2. The highest BCUT2D eigenvalue weighted by Crippen LogP contribution is 2.45. The van der Waals surface area contributed by atoms with E-state index in [4.69, 9.17) is 16.3 Å². The van der Waals surface area contributed by atoms with Crippen molar-refractivity contribution in [2.45, 2.75) is 92.0 Å². The van der Waals surface area contributed by atoms with Gasteiger partial charge < -0.3 is 42.2 Å². The van der Waals surface area contributed by atoms with Crippen LogP contribution in [0.25, 0.3) is 0 Å². The average molecular weight is 518 g/mol. The van der Waals surface area contributed by atoms with Gasteiger partial charge in [0.05, 0.1) is 0 Å². The first-order chi connectivity index (χ1) is 13.8. The third kappa shape index (κ3) is 13.9. The maximum absolute atomic E-state index is 6.36. The highest BCUT2D eigenvalue weighted by atomic mass is 35.5. The predicted octanol–water partition coefficient (Wildman–Crippen LogP) is 2.06. The van der Waals surface area contributed by atoms with E-state index in [1.54, 1.807) is 0 Å². The predicted molar refractivity (Wildman–Crippen MR) is 147 cm³/mol. The van der Waals surface area contributed by atoms with Crippen molar-refractivity contribution >= 4 is 11.6 Å². The zero-order valence-corrected chi connectivity index (χ0v) is 22.6. The van der Waals surface area contributed by atoms with Crippen LogP contribution in [0.15, 0.2) is 0 Å². The highest BCUT2D eigenvalue weighted by molar-refractivity contribution is 6.20. The van der Waals surface area contributed by atoms with Gasteiger partial charge in [-0.05, 0) is 81.7 Å². The van der Waals surface area contributed by atoms with Gasteiger partial charge in [0, 0.05) is 44.4 Å². The zero-order valence-electron chi connectivity index (χ0n) is 21.8. The van der Waals surface area contributed by atoms with Crippen molar-refractivity contribution in [1.82, 2.24) is 15.5 Å². The van der Waals surface area contributed by atoms with Gasteiger partial charge in [-0.1, -0.05) is 35.1 Å². The van der Waals surface area contributed by atoms with Crippen LogP contribution < -0.4 is 10.6 Å². The van der Waals surface area contributed by atoms with Gasteiger partial charge >= 0.3 is 0 Å². The quantitative estimate of drug-likeness (QED) is 0.230. The molecule has 9 heteroatoms. The molecule has 1 aliphatic carbocycles. The fourth-order valence-corrected chi connectivity index (χ4v) is 5.77. The van der Waals surface area contributed by atoms with Gasteiger partial charge in [-0.15, -0.1) is 11.6 Å². The summed E-state index contributed by atoms with van der Waals surface area (Å²) in [5, 5.41) is 7.70. The Labute approximate surface area is 215 Å². The summed E-state index contributed by atoms with van der Waals surface area (Å²) in [5.41, 5.74) is 0.404. The maximum Gasteiger partial charge on any atom is 0.0478 e. The van der Waals surface area contributed by atoms with Gasteiger partial charge in [0.15, 0.2) is 0 Å². The van der Waals surface area contributed by atoms with E-state index >= 15 is 0 Å². The van der Waals surface area contributed by atoms with E-state index in [-0.39, 0.29) is 29.3 Å². The molecule has 0 bridgehead atoms. The molecule has 1 unspecified atom stereocenters. The average Bonchev–Trinajstić information content (AvgIpc) is 2.66. The lowest BCUT2D eigenvalue weighted by atomic mass is 9.64. The van der Waals surface area contributed by atoms with Gasteiger partial charge in [0.2, 0.25) is 0 Å². The Morgan fingerprint density at radius 2 is 1.65 bits per heavy atom. The number of nitrogens with zero attached hydrogens (tertiary/aromatic N) is 1. The molecule has 2 rings (SSSR count). The second-order valence-corrected chi connectivity index (χ2v) is 11.0. The molecule has 0 radical (unpaired) electrons. The summed E-state index contributed by atoms with van der Waals surface area (Å²) in [6.07, 6.45) is 7.56. The van der Waals surface area contributed by atoms with E-state index in [0.717, 1.165) is 51.2 Å². The lowest BCUT2D eigenvalue weighted by Crippen LogP contribution is -2.54. The van der Waals surface area contributed by atoms with E-state index in [1.165, 1.54) is 45.2 Å². The van der Waals surface area contributed by atoms with Crippen molar-refractivity contribution in [3.63, 3.8) is 0 Å². The van der Waals surface area contributed by atoms with Crippen LogP contribution in [0.1, 0.15) is 80.6 Å². The Bertz CT molecular complexity index is 452. The summed E-state index contributed by atoms with van der Waals surface area (Å²) in [7, 11) is 0. The Hall–Kier alpha value is -0.0300. The summed E-state index contributed by atoms with van der Waals surface area (Å²) in [6, 6.07) is 0.536. The molecular formula is C25H60ClN3O5. The van der Waals surface area contributed by atoms with Crippen LogP contribution in [0.2, 0.25) is 0 Å². The summed E-state index contributed by atoms with van der Waals surface area (Å²) in [4.78, 5) is 2.72. The van der Waals surface area contributed by atoms with Crippen molar-refractivity contribution < 1.29 is 26.6 Å². The van der Waals surface area contributed by atoms with E-state index < -0.39 is 0 Å². The highest BCUT2D eigenvalue weighted by Gasteiger charge is 2.41. The molecule has 0 aromatic heterocycles. The third-order valence-electron chi connectivity index (χ3n) is 7.26. The summed E-state index contributed by atoms with van der Waals surface area (Å²) < 4.78 is 5.40. The lowest BCUT2D eigenvalue weighted by Gasteiger charge is -2.49. The lowest BCUT2D eigenvalue weighted by molar-refractivity contribution is 0.00476. The van der Waals surface area contributed by atoms with Crippen LogP contribution in [0.5, 0.6) is 0 Å². The standard InChI is InChI=1S/C24H48ClN3O.CH4.4H2O/c1-6-29-15-7-13-26-18-27-23(19(2)3)16-28-14-12-22(24(4,5)17-28)20-8-10-21(25)11-9-20;;;;;/h19-23,26-27H,6-18H2,1-5H3;1H4;4*1H2/t20?,21?,22?,23-;;;;;/m0...../s1. The second-order valence-electron chi connectivity index (χ2n) is 10.4. The molecule has 2 atom stereocenters. The first kappa shape index (κ1) is 41.1. The number of likely N-dealkylation sites (tertiary alicyclic amines) is 1. The molecule has 1 saturated heterocycles. The largest absolute Gasteiger partial charge is 0.412 e. The fourth-order valence-electron chi connectivity index (χ4n) is 5.52. The first-order valence-electron chi connectivity index (χ1n) is 12.2. The molecular weight excluding hydrogens is 458 g/mol. The zero-order chi connectivity index (χ0) is 21.3. The number of piperidine rings is 1. The number of nitrogens with one attached hydrogen (secondary N) is 2. The second kappa shape index (κ2) is 21.1. The summed E-state index contributed by atoms with van der Waals surface area (Å²) in [5.74, 6) is 2.39. The monoisotopic (exact) mass is 517 g/mol. The molecule has 0 amide bonds. The molecule has 10 N–H and O–H groups in total. The van der Waals surface area contributed by atoms with Crippen molar-refractivity contribution in [3.05, 3.63) is 0 Å².